The molecule has 0 radical (unpaired) electrons. The fourth-order valence-corrected chi connectivity index (χ4v) is 2.12. The van der Waals surface area contributed by atoms with E-state index in [0.717, 1.165) is 31.6 Å². The zero-order valence-electron chi connectivity index (χ0n) is 13.9. The molecule has 0 spiro atoms. The lowest BCUT2D eigenvalue weighted by molar-refractivity contribution is -0.138. The normalized spacial score (nSPS) is 17.5. The molecule has 5 nitrogen and oxygen atoms in total. The van der Waals surface area contributed by atoms with Gasteiger partial charge in [-0.2, -0.15) is 0 Å². The maximum atomic E-state index is 11.9. The van der Waals surface area contributed by atoms with Gasteiger partial charge in [-0.1, -0.05) is 11.6 Å². The Labute approximate surface area is 142 Å². The topological polar surface area (TPSA) is 67.4 Å². The molecule has 1 aliphatic heterocycles. The average Bonchev–Trinajstić information content (AvgIpc) is 2.50. The molecule has 1 unspecified atom stereocenters. The van der Waals surface area contributed by atoms with Crippen molar-refractivity contribution >= 4 is 29.7 Å². The summed E-state index contributed by atoms with van der Waals surface area (Å²) in [6, 6.07) is 7.18. The van der Waals surface area contributed by atoms with Crippen LogP contribution in [0.3, 0.4) is 0 Å². The number of hydrogen-bond acceptors (Lipinski definition) is 4. The third-order valence-corrected chi connectivity index (χ3v) is 3.43. The highest BCUT2D eigenvalue weighted by molar-refractivity contribution is 6.30. The first kappa shape index (κ1) is 19.5. The van der Waals surface area contributed by atoms with E-state index in [9.17, 15) is 9.59 Å². The summed E-state index contributed by atoms with van der Waals surface area (Å²) in [5.74, 6) is 0.180. The van der Waals surface area contributed by atoms with Crippen LogP contribution < -0.4 is 10.6 Å². The van der Waals surface area contributed by atoms with Crippen molar-refractivity contribution in [3.05, 3.63) is 29.3 Å². The molecular weight excluding hydrogens is 316 g/mol. The van der Waals surface area contributed by atoms with Crippen molar-refractivity contribution in [2.24, 2.45) is 5.92 Å². The summed E-state index contributed by atoms with van der Waals surface area (Å²) in [7, 11) is 0. The minimum Gasteiger partial charge on any atom is -0.462 e. The van der Waals surface area contributed by atoms with E-state index >= 15 is 0 Å². The summed E-state index contributed by atoms with van der Waals surface area (Å²) in [5.41, 5.74) is 0.488. The zero-order chi connectivity index (χ0) is 17.3. The molecule has 1 fully saturated rings. The highest BCUT2D eigenvalue weighted by Crippen LogP contribution is 2.16. The number of ether oxygens (including phenoxy) is 1. The number of carbonyl (C=O) groups excluding carboxylic acids is 2. The molecule has 1 heterocycles. The largest absolute Gasteiger partial charge is 0.462 e. The van der Waals surface area contributed by atoms with Crippen LogP contribution in [-0.4, -0.2) is 31.1 Å². The van der Waals surface area contributed by atoms with Gasteiger partial charge in [0.25, 0.3) is 6.47 Å². The maximum Gasteiger partial charge on any atom is 0.293 e. The van der Waals surface area contributed by atoms with Crippen molar-refractivity contribution < 1.29 is 14.3 Å². The number of benzene rings is 1. The van der Waals surface area contributed by atoms with Gasteiger partial charge < -0.3 is 15.4 Å². The second-order valence-corrected chi connectivity index (χ2v) is 6.80. The first-order valence-corrected chi connectivity index (χ1v) is 8.08. The number of carbonyl (C=O) groups is 2. The number of piperidine rings is 1. The van der Waals surface area contributed by atoms with Crippen LogP contribution in [0.1, 0.15) is 33.6 Å². The Morgan fingerprint density at radius 2 is 2.00 bits per heavy atom. The first-order valence-electron chi connectivity index (χ1n) is 7.70. The lowest BCUT2D eigenvalue weighted by Gasteiger charge is -2.21. The van der Waals surface area contributed by atoms with E-state index in [2.05, 4.69) is 15.4 Å². The molecule has 6 heteroatoms. The quantitative estimate of drug-likeness (QED) is 0.829. The summed E-state index contributed by atoms with van der Waals surface area (Å²) in [6.45, 7) is 7.72. The van der Waals surface area contributed by atoms with Crippen LogP contribution in [-0.2, 0) is 14.3 Å². The van der Waals surface area contributed by atoms with Gasteiger partial charge in [-0.25, -0.2) is 0 Å². The molecule has 1 aromatic rings. The molecule has 0 aliphatic carbocycles. The Kier molecular flexibility index (Phi) is 8.06. The number of anilines is 1. The first-order chi connectivity index (χ1) is 10.8. The Balaban J connectivity index is 0.000000322. The van der Waals surface area contributed by atoms with E-state index in [4.69, 9.17) is 11.6 Å². The molecule has 2 rings (SSSR count). The van der Waals surface area contributed by atoms with Crippen LogP contribution in [0.15, 0.2) is 24.3 Å². The third-order valence-electron chi connectivity index (χ3n) is 3.18. The molecule has 1 aromatic carbocycles. The minimum atomic E-state index is -0.318. The van der Waals surface area contributed by atoms with E-state index in [1.54, 1.807) is 12.1 Å². The van der Waals surface area contributed by atoms with Crippen LogP contribution in [0.2, 0.25) is 5.02 Å². The number of nitrogens with one attached hydrogen (secondary N) is 2. The van der Waals surface area contributed by atoms with Crippen LogP contribution in [0.25, 0.3) is 0 Å². The standard InChI is InChI=1S/C12H15ClN2O.C5H10O2/c13-10-3-5-11(6-4-10)15-12(16)9-2-1-7-14-8-9;1-5(2,3)7-4-6/h3-6,9,14H,1-2,7-8H2,(H,15,16);4H,1-3H3. The Hall–Kier alpha value is -1.59. The van der Waals surface area contributed by atoms with Gasteiger partial charge in [-0.3, -0.25) is 9.59 Å². The van der Waals surface area contributed by atoms with Gasteiger partial charge in [0.15, 0.2) is 0 Å². The lowest BCUT2D eigenvalue weighted by Crippen LogP contribution is -2.37. The van der Waals surface area contributed by atoms with E-state index in [0.29, 0.717) is 11.5 Å². The van der Waals surface area contributed by atoms with Crippen molar-refractivity contribution in [3.63, 3.8) is 0 Å². The molecule has 23 heavy (non-hydrogen) atoms. The van der Waals surface area contributed by atoms with Gasteiger partial charge in [-0.15, -0.1) is 0 Å². The molecule has 1 amide bonds. The second-order valence-electron chi connectivity index (χ2n) is 6.37. The van der Waals surface area contributed by atoms with Crippen molar-refractivity contribution in [2.75, 3.05) is 18.4 Å². The van der Waals surface area contributed by atoms with Crippen LogP contribution in [0, 0.1) is 5.92 Å². The summed E-state index contributed by atoms with van der Waals surface area (Å²) in [4.78, 5) is 21.5. The summed E-state index contributed by atoms with van der Waals surface area (Å²) in [5, 5.41) is 6.81. The summed E-state index contributed by atoms with van der Waals surface area (Å²) in [6.07, 6.45) is 2.03. The Bertz CT molecular complexity index is 492. The van der Waals surface area contributed by atoms with Crippen molar-refractivity contribution in [2.45, 2.75) is 39.2 Å². The van der Waals surface area contributed by atoms with E-state index in [1.165, 1.54) is 0 Å². The van der Waals surface area contributed by atoms with Gasteiger partial charge >= 0.3 is 0 Å². The highest BCUT2D eigenvalue weighted by atomic mass is 35.5. The Morgan fingerprint density at radius 1 is 1.35 bits per heavy atom. The summed E-state index contributed by atoms with van der Waals surface area (Å²) >= 11 is 5.77. The fourth-order valence-electron chi connectivity index (χ4n) is 2.00. The third kappa shape index (κ3) is 8.57. The van der Waals surface area contributed by atoms with Crippen molar-refractivity contribution in [1.29, 1.82) is 0 Å². The average molecular weight is 341 g/mol. The maximum absolute atomic E-state index is 11.9. The van der Waals surface area contributed by atoms with Gasteiger partial charge in [0.2, 0.25) is 5.91 Å². The SMILES string of the molecule is CC(C)(C)OC=O.O=C(Nc1ccc(Cl)cc1)C1CCCNC1. The highest BCUT2D eigenvalue weighted by Gasteiger charge is 2.20. The van der Waals surface area contributed by atoms with E-state index in [-0.39, 0.29) is 17.4 Å². The zero-order valence-corrected chi connectivity index (χ0v) is 14.7. The van der Waals surface area contributed by atoms with Gasteiger partial charge in [-0.05, 0) is 64.4 Å². The Morgan fingerprint density at radius 3 is 2.43 bits per heavy atom. The number of amides is 1. The fraction of sp³-hybridized carbons (Fsp3) is 0.529. The smallest absolute Gasteiger partial charge is 0.293 e. The van der Waals surface area contributed by atoms with Crippen LogP contribution >= 0.6 is 11.6 Å². The number of halogens is 1. The molecule has 128 valence electrons. The predicted molar refractivity (Wildman–Crippen MR) is 92.6 cm³/mol. The number of rotatable bonds is 3. The molecule has 1 saturated heterocycles. The predicted octanol–water partition coefficient (Wildman–Crippen LogP) is 3.24. The molecule has 1 atom stereocenters. The van der Waals surface area contributed by atoms with Gasteiger partial charge in [0.05, 0.1) is 5.92 Å². The second kappa shape index (κ2) is 9.53. The number of hydrogen-bond donors (Lipinski definition) is 2. The molecule has 0 aromatic heterocycles. The molecule has 1 aliphatic rings. The molecule has 0 saturated carbocycles. The van der Waals surface area contributed by atoms with Crippen molar-refractivity contribution in [3.8, 4) is 0 Å². The van der Waals surface area contributed by atoms with Gasteiger partial charge in [0.1, 0.15) is 5.60 Å². The molecule has 2 N–H and O–H groups in total. The van der Waals surface area contributed by atoms with E-state index in [1.807, 2.05) is 32.9 Å². The summed E-state index contributed by atoms with van der Waals surface area (Å²) < 4.78 is 4.55. The van der Waals surface area contributed by atoms with Crippen LogP contribution in [0.5, 0.6) is 0 Å². The molecule has 0 bridgehead atoms. The lowest BCUT2D eigenvalue weighted by atomic mass is 9.99. The van der Waals surface area contributed by atoms with E-state index < -0.39 is 0 Å². The van der Waals surface area contributed by atoms with Crippen LogP contribution in [0.4, 0.5) is 5.69 Å². The minimum absolute atomic E-state index is 0.0874. The van der Waals surface area contributed by atoms with Crippen molar-refractivity contribution in [1.82, 2.24) is 5.32 Å². The monoisotopic (exact) mass is 340 g/mol. The molecular formula is C17H25ClN2O3. The van der Waals surface area contributed by atoms with Gasteiger partial charge in [0, 0.05) is 17.3 Å².